The summed E-state index contributed by atoms with van der Waals surface area (Å²) in [6.45, 7) is 3.53. The zero-order valence-corrected chi connectivity index (χ0v) is 15.4. The largest absolute Gasteiger partial charge is 0.397 e. The van der Waals surface area contributed by atoms with Crippen LogP contribution in [0, 0.1) is 0 Å². The highest BCUT2D eigenvalue weighted by atomic mass is 15.3. The van der Waals surface area contributed by atoms with E-state index in [0.717, 1.165) is 60.1 Å². The van der Waals surface area contributed by atoms with Gasteiger partial charge in [0.2, 0.25) is 0 Å². The van der Waals surface area contributed by atoms with Crippen molar-refractivity contribution in [2.75, 3.05) is 41.7 Å². The van der Waals surface area contributed by atoms with Gasteiger partial charge in [-0.05, 0) is 24.3 Å². The SMILES string of the molecule is Nc1ccccc1N1CCN(c2ncnc3c2cnn3-c2ccccc2)CC1. The molecule has 0 aliphatic carbocycles. The first kappa shape index (κ1) is 16.6. The molecule has 7 heteroatoms. The zero-order valence-electron chi connectivity index (χ0n) is 15.4. The van der Waals surface area contributed by atoms with Crippen molar-refractivity contribution in [2.24, 2.45) is 0 Å². The van der Waals surface area contributed by atoms with Crippen molar-refractivity contribution in [3.05, 3.63) is 67.1 Å². The summed E-state index contributed by atoms with van der Waals surface area (Å²) < 4.78 is 1.86. The average Bonchev–Trinajstić information content (AvgIpc) is 3.19. The van der Waals surface area contributed by atoms with Crippen molar-refractivity contribution < 1.29 is 0 Å². The molecule has 0 amide bonds. The first-order chi connectivity index (χ1) is 13.8. The lowest BCUT2D eigenvalue weighted by molar-refractivity contribution is 0.649. The van der Waals surface area contributed by atoms with Gasteiger partial charge in [-0.2, -0.15) is 5.10 Å². The van der Waals surface area contributed by atoms with Crippen LogP contribution in [-0.4, -0.2) is 45.9 Å². The zero-order chi connectivity index (χ0) is 18.9. The Hall–Kier alpha value is -3.61. The predicted molar refractivity (Wildman–Crippen MR) is 112 cm³/mol. The van der Waals surface area contributed by atoms with Crippen LogP contribution < -0.4 is 15.5 Å². The summed E-state index contributed by atoms with van der Waals surface area (Å²) in [5.41, 5.74) is 9.89. The molecule has 2 aromatic carbocycles. The molecule has 1 fully saturated rings. The molecule has 140 valence electrons. The fourth-order valence-corrected chi connectivity index (χ4v) is 3.78. The van der Waals surface area contributed by atoms with Gasteiger partial charge in [0.15, 0.2) is 5.65 Å². The number of hydrogen-bond donors (Lipinski definition) is 1. The molecular weight excluding hydrogens is 350 g/mol. The summed E-state index contributed by atoms with van der Waals surface area (Å²) in [5.74, 6) is 0.938. The molecule has 0 unspecified atom stereocenters. The van der Waals surface area contributed by atoms with E-state index in [2.05, 4.69) is 30.9 Å². The molecule has 1 aliphatic rings. The Morgan fingerprint density at radius 2 is 1.50 bits per heavy atom. The van der Waals surface area contributed by atoms with E-state index >= 15 is 0 Å². The highest BCUT2D eigenvalue weighted by Gasteiger charge is 2.22. The highest BCUT2D eigenvalue weighted by molar-refractivity contribution is 5.87. The molecule has 7 nitrogen and oxygen atoms in total. The van der Waals surface area contributed by atoms with Crippen LogP contribution in [0.1, 0.15) is 0 Å². The predicted octanol–water partition coefficient (Wildman–Crippen LogP) is 2.72. The molecule has 0 radical (unpaired) electrons. The lowest BCUT2D eigenvalue weighted by Gasteiger charge is -2.37. The molecule has 0 saturated carbocycles. The lowest BCUT2D eigenvalue weighted by Crippen LogP contribution is -2.47. The molecule has 3 heterocycles. The number of piperazine rings is 1. The number of benzene rings is 2. The van der Waals surface area contributed by atoms with Gasteiger partial charge in [-0.25, -0.2) is 14.6 Å². The third kappa shape index (κ3) is 2.81. The van der Waals surface area contributed by atoms with E-state index in [9.17, 15) is 0 Å². The van der Waals surface area contributed by atoms with Crippen molar-refractivity contribution in [3.63, 3.8) is 0 Å². The van der Waals surface area contributed by atoms with Crippen LogP contribution in [0.3, 0.4) is 0 Å². The van der Waals surface area contributed by atoms with Gasteiger partial charge in [0, 0.05) is 26.2 Å². The maximum Gasteiger partial charge on any atom is 0.168 e. The van der Waals surface area contributed by atoms with Crippen molar-refractivity contribution in [2.45, 2.75) is 0 Å². The summed E-state index contributed by atoms with van der Waals surface area (Å²) in [5, 5.41) is 5.53. The molecule has 0 spiro atoms. The summed E-state index contributed by atoms with van der Waals surface area (Å²) in [7, 11) is 0. The average molecular weight is 371 g/mol. The smallest absolute Gasteiger partial charge is 0.168 e. The van der Waals surface area contributed by atoms with Gasteiger partial charge in [0.1, 0.15) is 12.1 Å². The third-order valence-electron chi connectivity index (χ3n) is 5.20. The Morgan fingerprint density at radius 3 is 2.29 bits per heavy atom. The molecule has 1 saturated heterocycles. The number of nitrogens with zero attached hydrogens (tertiary/aromatic N) is 6. The Labute approximate surface area is 163 Å². The summed E-state index contributed by atoms with van der Waals surface area (Å²) in [6, 6.07) is 18.1. The van der Waals surface area contributed by atoms with E-state index in [-0.39, 0.29) is 0 Å². The van der Waals surface area contributed by atoms with Crippen molar-refractivity contribution >= 4 is 28.2 Å². The summed E-state index contributed by atoms with van der Waals surface area (Å²) in [6.07, 6.45) is 3.49. The summed E-state index contributed by atoms with van der Waals surface area (Å²) in [4.78, 5) is 13.7. The van der Waals surface area contributed by atoms with E-state index in [4.69, 9.17) is 5.73 Å². The topological polar surface area (TPSA) is 76.1 Å². The van der Waals surface area contributed by atoms with Crippen LogP contribution in [0.5, 0.6) is 0 Å². The van der Waals surface area contributed by atoms with Gasteiger partial charge in [-0.3, -0.25) is 0 Å². The second-order valence-electron chi connectivity index (χ2n) is 6.86. The maximum atomic E-state index is 6.14. The van der Waals surface area contributed by atoms with Crippen LogP contribution in [0.2, 0.25) is 0 Å². The first-order valence-electron chi connectivity index (χ1n) is 9.40. The van der Waals surface area contributed by atoms with E-state index in [1.807, 2.05) is 59.4 Å². The quantitative estimate of drug-likeness (QED) is 0.558. The molecule has 5 rings (SSSR count). The Morgan fingerprint density at radius 1 is 0.786 bits per heavy atom. The Bertz CT molecular complexity index is 1100. The molecule has 1 aliphatic heterocycles. The van der Waals surface area contributed by atoms with Crippen molar-refractivity contribution in [3.8, 4) is 5.69 Å². The normalized spacial score (nSPS) is 14.6. The second-order valence-corrected chi connectivity index (χ2v) is 6.86. The summed E-state index contributed by atoms with van der Waals surface area (Å²) >= 11 is 0. The fourth-order valence-electron chi connectivity index (χ4n) is 3.78. The number of fused-ring (bicyclic) bond motifs is 1. The van der Waals surface area contributed by atoms with Crippen LogP contribution in [0.15, 0.2) is 67.1 Å². The van der Waals surface area contributed by atoms with Gasteiger partial charge in [-0.15, -0.1) is 0 Å². The minimum absolute atomic E-state index is 0.824. The van der Waals surface area contributed by atoms with Gasteiger partial charge >= 0.3 is 0 Å². The van der Waals surface area contributed by atoms with Crippen molar-refractivity contribution in [1.29, 1.82) is 0 Å². The van der Waals surface area contributed by atoms with Crippen LogP contribution in [0.25, 0.3) is 16.7 Å². The lowest BCUT2D eigenvalue weighted by atomic mass is 10.2. The molecular formula is C21H21N7. The molecule has 0 atom stereocenters. The number of anilines is 3. The second kappa shape index (κ2) is 6.84. The monoisotopic (exact) mass is 371 g/mol. The van der Waals surface area contributed by atoms with Gasteiger partial charge in [0.25, 0.3) is 0 Å². The van der Waals surface area contributed by atoms with Crippen LogP contribution >= 0.6 is 0 Å². The molecule has 4 aromatic rings. The van der Waals surface area contributed by atoms with Crippen molar-refractivity contribution in [1.82, 2.24) is 19.7 Å². The number of rotatable bonds is 3. The number of nitrogens with two attached hydrogens (primary N) is 1. The fraction of sp³-hybridized carbons (Fsp3) is 0.190. The molecule has 2 aromatic heterocycles. The van der Waals surface area contributed by atoms with E-state index in [1.54, 1.807) is 6.33 Å². The van der Waals surface area contributed by atoms with Gasteiger partial charge < -0.3 is 15.5 Å². The van der Waals surface area contributed by atoms with Crippen LogP contribution in [-0.2, 0) is 0 Å². The standard InChI is InChI=1S/C21H21N7/c22-18-8-4-5-9-19(18)26-10-12-27(13-11-26)20-17-14-25-28(21(17)24-15-23-20)16-6-2-1-3-7-16/h1-9,14-15H,10-13,22H2. The first-order valence-corrected chi connectivity index (χ1v) is 9.40. The van der Waals surface area contributed by atoms with Crippen LogP contribution in [0.4, 0.5) is 17.2 Å². The van der Waals surface area contributed by atoms with E-state index < -0.39 is 0 Å². The van der Waals surface area contributed by atoms with Gasteiger partial charge in [-0.1, -0.05) is 30.3 Å². The number of hydrogen-bond acceptors (Lipinski definition) is 6. The number of para-hydroxylation sites is 3. The maximum absolute atomic E-state index is 6.14. The highest BCUT2D eigenvalue weighted by Crippen LogP contribution is 2.28. The van der Waals surface area contributed by atoms with E-state index in [0.29, 0.717) is 0 Å². The number of nitrogen functional groups attached to an aromatic ring is 1. The van der Waals surface area contributed by atoms with Gasteiger partial charge in [0.05, 0.1) is 28.6 Å². The van der Waals surface area contributed by atoms with E-state index in [1.165, 1.54) is 0 Å². The number of aromatic nitrogens is 4. The molecule has 2 N–H and O–H groups in total. The molecule has 28 heavy (non-hydrogen) atoms. The Kier molecular flexibility index (Phi) is 4.05. The minimum atomic E-state index is 0.824. The Balaban J connectivity index is 1.42. The minimum Gasteiger partial charge on any atom is -0.397 e. The third-order valence-corrected chi connectivity index (χ3v) is 5.20. The molecule has 0 bridgehead atoms.